The van der Waals surface area contributed by atoms with Crippen LogP contribution in [0.25, 0.3) is 0 Å². The van der Waals surface area contributed by atoms with Crippen LogP contribution in [0.4, 0.5) is 0 Å². The molecular weight excluding hydrogens is 322 g/mol. The number of carbonyl (C=O) groups is 1. The van der Waals surface area contributed by atoms with E-state index < -0.39 is 0 Å². The lowest BCUT2D eigenvalue weighted by Crippen LogP contribution is -2.56. The molecule has 9 atom stereocenters. The average molecular weight is 354 g/mol. The van der Waals surface area contributed by atoms with Crippen molar-refractivity contribution in [1.29, 1.82) is 5.26 Å². The number of fused-ring (bicyclic) bond motifs is 8. The number of ether oxygens (including phenoxy) is 1. The largest absolute Gasteiger partial charge is 0.365 e. The van der Waals surface area contributed by atoms with Crippen LogP contribution in [0, 0.1) is 51.8 Å². The minimum atomic E-state index is -0.0163. The van der Waals surface area contributed by atoms with Gasteiger partial charge in [-0.2, -0.15) is 5.26 Å². The van der Waals surface area contributed by atoms with Gasteiger partial charge in [0, 0.05) is 12.8 Å². The molecule has 4 aliphatic carbocycles. The summed E-state index contributed by atoms with van der Waals surface area (Å²) in [6.07, 6.45) is 10.0. The highest BCUT2D eigenvalue weighted by Gasteiger charge is 2.70. The van der Waals surface area contributed by atoms with Crippen LogP contribution in [0.1, 0.15) is 65.7 Å². The van der Waals surface area contributed by atoms with Gasteiger partial charge in [0.2, 0.25) is 0 Å². The molecule has 3 heteroatoms. The monoisotopic (exact) mass is 353 g/mol. The molecule has 5 aliphatic rings. The Hall–Kier alpha value is -1.14. The van der Waals surface area contributed by atoms with E-state index in [2.05, 4.69) is 26.8 Å². The van der Waals surface area contributed by atoms with Gasteiger partial charge in [-0.1, -0.05) is 27.2 Å². The Morgan fingerprint density at radius 1 is 1.23 bits per heavy atom. The maximum Gasteiger partial charge on any atom is 0.156 e. The van der Waals surface area contributed by atoms with Crippen LogP contribution in [0.5, 0.6) is 0 Å². The quantitative estimate of drug-likeness (QED) is 0.678. The van der Waals surface area contributed by atoms with Gasteiger partial charge in [0.15, 0.2) is 5.78 Å². The van der Waals surface area contributed by atoms with Gasteiger partial charge < -0.3 is 4.74 Å². The summed E-state index contributed by atoms with van der Waals surface area (Å²) in [4.78, 5) is 12.3. The summed E-state index contributed by atoms with van der Waals surface area (Å²) in [5, 5.41) is 9.43. The first-order valence-corrected chi connectivity index (χ1v) is 10.7. The predicted molar refractivity (Wildman–Crippen MR) is 99.0 cm³/mol. The van der Waals surface area contributed by atoms with Gasteiger partial charge in [0.1, 0.15) is 6.10 Å². The smallest absolute Gasteiger partial charge is 0.156 e. The van der Waals surface area contributed by atoms with E-state index in [1.807, 2.05) is 6.08 Å². The van der Waals surface area contributed by atoms with E-state index in [-0.39, 0.29) is 23.2 Å². The first kappa shape index (κ1) is 17.0. The number of nitrogens with zero attached hydrogens (tertiary/aromatic N) is 1. The lowest BCUT2D eigenvalue weighted by Gasteiger charge is -2.58. The maximum atomic E-state index is 12.3. The highest BCUT2D eigenvalue weighted by molar-refractivity contribution is 5.92. The van der Waals surface area contributed by atoms with Gasteiger partial charge in [-0.25, -0.2) is 0 Å². The topological polar surface area (TPSA) is 53.4 Å². The molecule has 0 radical (unpaired) electrons. The van der Waals surface area contributed by atoms with Crippen LogP contribution in [-0.2, 0) is 9.53 Å². The number of carbonyl (C=O) groups excluding carboxylic acids is 1. The SMILES string of the molecule is CC[C@H]1CC[C@H]2[C@@H]3C4OC4C4=CC(=O)CC(CC#N)[C@]4(C)[C@H]3CC[C@]12C. The lowest BCUT2D eigenvalue weighted by molar-refractivity contribution is -0.120. The van der Waals surface area contributed by atoms with Crippen molar-refractivity contribution in [2.24, 2.45) is 40.4 Å². The number of rotatable bonds is 2. The normalized spacial score (nSPS) is 54.3. The zero-order valence-corrected chi connectivity index (χ0v) is 16.3. The van der Waals surface area contributed by atoms with Crippen molar-refractivity contribution in [1.82, 2.24) is 0 Å². The first-order chi connectivity index (χ1) is 12.4. The fourth-order valence-electron chi connectivity index (χ4n) is 8.18. The van der Waals surface area contributed by atoms with Crippen molar-refractivity contribution in [2.75, 3.05) is 0 Å². The summed E-state index contributed by atoms with van der Waals surface area (Å²) in [7, 11) is 0. The third-order valence-corrected chi connectivity index (χ3v) is 9.58. The molecule has 0 amide bonds. The summed E-state index contributed by atoms with van der Waals surface area (Å²) in [5.74, 6) is 3.21. The number of ketones is 1. The van der Waals surface area contributed by atoms with E-state index in [1.165, 1.54) is 37.7 Å². The van der Waals surface area contributed by atoms with Gasteiger partial charge in [0.25, 0.3) is 0 Å². The lowest BCUT2D eigenvalue weighted by atomic mass is 9.44. The van der Waals surface area contributed by atoms with Crippen molar-refractivity contribution in [2.45, 2.75) is 77.9 Å². The van der Waals surface area contributed by atoms with Crippen molar-refractivity contribution in [3.63, 3.8) is 0 Å². The van der Waals surface area contributed by atoms with Crippen LogP contribution < -0.4 is 0 Å². The van der Waals surface area contributed by atoms with Gasteiger partial charge in [-0.05, 0) is 77.8 Å². The number of hydrogen-bond donors (Lipinski definition) is 0. The van der Waals surface area contributed by atoms with Gasteiger partial charge in [-0.15, -0.1) is 0 Å². The minimum absolute atomic E-state index is 0.0163. The van der Waals surface area contributed by atoms with E-state index >= 15 is 0 Å². The number of epoxide rings is 1. The molecule has 0 aromatic rings. The Kier molecular flexibility index (Phi) is 3.56. The van der Waals surface area contributed by atoms with Crippen LogP contribution in [-0.4, -0.2) is 18.0 Å². The number of nitriles is 1. The maximum absolute atomic E-state index is 12.3. The minimum Gasteiger partial charge on any atom is -0.365 e. The van der Waals surface area contributed by atoms with Gasteiger partial charge in [-0.3, -0.25) is 4.79 Å². The second kappa shape index (κ2) is 5.44. The summed E-state index contributed by atoms with van der Waals surface area (Å²) >= 11 is 0. The van der Waals surface area contributed by atoms with Gasteiger partial charge in [0.05, 0.1) is 12.2 Å². The van der Waals surface area contributed by atoms with Crippen LogP contribution in [0.3, 0.4) is 0 Å². The van der Waals surface area contributed by atoms with Crippen LogP contribution in [0.2, 0.25) is 0 Å². The summed E-state index contributed by atoms with van der Waals surface area (Å²) in [5.41, 5.74) is 1.70. The Morgan fingerprint density at radius 3 is 2.77 bits per heavy atom. The molecule has 0 spiro atoms. The molecule has 0 bridgehead atoms. The zero-order valence-electron chi connectivity index (χ0n) is 16.3. The summed E-state index contributed by atoms with van der Waals surface area (Å²) in [6, 6.07) is 2.39. The highest BCUT2D eigenvalue weighted by atomic mass is 16.6. The molecule has 26 heavy (non-hydrogen) atoms. The van der Waals surface area contributed by atoms with E-state index in [0.29, 0.717) is 36.2 Å². The van der Waals surface area contributed by atoms with Gasteiger partial charge >= 0.3 is 0 Å². The molecular formula is C23H31NO2. The molecule has 3 nitrogen and oxygen atoms in total. The van der Waals surface area contributed by atoms with E-state index in [9.17, 15) is 10.1 Å². The zero-order chi connectivity index (χ0) is 18.3. The standard InChI is InChI=1S/C23H31NO2/c1-4-13-5-6-16-19-17(7-9-22(13,16)2)23(3)14(8-10-24)11-15(25)12-18(23)20-21(19)26-20/h12-14,16-17,19-21H,4-9,11H2,1-3H3/t13-,14?,16-,17-,19-,20?,21?,22+,23+/m0/s1. The highest BCUT2D eigenvalue weighted by Crippen LogP contribution is 2.71. The Balaban J connectivity index is 1.57. The first-order valence-electron chi connectivity index (χ1n) is 10.7. The van der Waals surface area contributed by atoms with Crippen molar-refractivity contribution in [3.05, 3.63) is 11.6 Å². The molecule has 3 saturated carbocycles. The Morgan fingerprint density at radius 2 is 2.04 bits per heavy atom. The molecule has 1 heterocycles. The summed E-state index contributed by atoms with van der Waals surface area (Å²) in [6.45, 7) is 7.29. The van der Waals surface area contributed by atoms with Crippen molar-refractivity contribution >= 4 is 5.78 Å². The molecule has 0 N–H and O–H groups in total. The third kappa shape index (κ3) is 1.95. The van der Waals surface area contributed by atoms with E-state index in [4.69, 9.17) is 4.74 Å². The number of hydrogen-bond acceptors (Lipinski definition) is 3. The van der Waals surface area contributed by atoms with E-state index in [1.54, 1.807) is 0 Å². The molecule has 1 aliphatic heterocycles. The molecule has 3 unspecified atom stereocenters. The molecule has 140 valence electrons. The Labute approximate surface area is 157 Å². The molecule has 0 aromatic heterocycles. The fourth-order valence-corrected chi connectivity index (χ4v) is 8.18. The predicted octanol–water partition coefficient (Wildman–Crippen LogP) is 4.67. The van der Waals surface area contributed by atoms with Crippen LogP contribution >= 0.6 is 0 Å². The summed E-state index contributed by atoms with van der Waals surface area (Å²) < 4.78 is 6.28. The second-order valence-electron chi connectivity index (χ2n) is 10.2. The van der Waals surface area contributed by atoms with E-state index in [0.717, 1.165) is 11.8 Å². The molecule has 1 saturated heterocycles. The molecule has 4 fully saturated rings. The Bertz CT molecular complexity index is 720. The average Bonchev–Trinajstić information content (AvgIpc) is 3.32. The van der Waals surface area contributed by atoms with Crippen molar-refractivity contribution < 1.29 is 9.53 Å². The molecule has 5 rings (SSSR count). The molecule has 0 aromatic carbocycles. The fraction of sp³-hybridized carbons (Fsp3) is 0.826. The third-order valence-electron chi connectivity index (χ3n) is 9.58. The van der Waals surface area contributed by atoms with Crippen molar-refractivity contribution in [3.8, 4) is 6.07 Å². The van der Waals surface area contributed by atoms with Crippen LogP contribution in [0.15, 0.2) is 11.6 Å². The second-order valence-corrected chi connectivity index (χ2v) is 10.2.